The first-order valence-electron chi connectivity index (χ1n) is 7.93. The van der Waals surface area contributed by atoms with Gasteiger partial charge in [-0.25, -0.2) is 14.2 Å². The number of carboxylic acid groups (broad SMARTS) is 1. The summed E-state index contributed by atoms with van der Waals surface area (Å²) >= 11 is 0. The Morgan fingerprint density at radius 2 is 2.04 bits per heavy atom. The zero-order valence-corrected chi connectivity index (χ0v) is 14.3. The largest absolute Gasteiger partial charge is 0.507 e. The van der Waals surface area contributed by atoms with E-state index in [0.29, 0.717) is 13.1 Å². The Morgan fingerprint density at radius 1 is 1.31 bits per heavy atom. The van der Waals surface area contributed by atoms with E-state index in [4.69, 9.17) is 0 Å². The van der Waals surface area contributed by atoms with E-state index >= 15 is 0 Å². The van der Waals surface area contributed by atoms with Crippen LogP contribution in [0.15, 0.2) is 17.1 Å². The van der Waals surface area contributed by atoms with Gasteiger partial charge in [-0.15, -0.1) is 0 Å². The molecule has 0 aromatic carbocycles. The van der Waals surface area contributed by atoms with E-state index < -0.39 is 23.1 Å². The van der Waals surface area contributed by atoms with Crippen molar-refractivity contribution in [2.24, 2.45) is 0 Å². The molecule has 26 heavy (non-hydrogen) atoms. The van der Waals surface area contributed by atoms with Crippen LogP contribution in [-0.2, 0) is 13.0 Å². The highest BCUT2D eigenvalue weighted by Crippen LogP contribution is 2.23. The molecule has 0 unspecified atom stereocenters. The van der Waals surface area contributed by atoms with Crippen molar-refractivity contribution < 1.29 is 19.4 Å². The van der Waals surface area contributed by atoms with Gasteiger partial charge in [0.25, 0.3) is 5.56 Å². The van der Waals surface area contributed by atoms with E-state index in [1.807, 2.05) is 0 Å². The smallest absolute Gasteiger partial charge is 0.341 e. The molecule has 9 nitrogen and oxygen atoms in total. The first-order valence-corrected chi connectivity index (χ1v) is 7.93. The molecule has 138 valence electrons. The first kappa shape index (κ1) is 17.6. The van der Waals surface area contributed by atoms with Crippen molar-refractivity contribution in [2.75, 3.05) is 37.0 Å². The van der Waals surface area contributed by atoms with Gasteiger partial charge in [-0.1, -0.05) is 0 Å². The summed E-state index contributed by atoms with van der Waals surface area (Å²) in [6.07, 6.45) is 1.28. The molecular weight excluding hydrogens is 345 g/mol. The molecule has 3 rings (SSSR count). The fraction of sp³-hybridized carbons (Fsp3) is 0.375. The zero-order valence-electron chi connectivity index (χ0n) is 14.3. The van der Waals surface area contributed by atoms with Gasteiger partial charge in [0.15, 0.2) is 11.6 Å². The lowest BCUT2D eigenvalue weighted by Gasteiger charge is -2.21. The number of nitrogens with zero attached hydrogens (tertiary/aromatic N) is 5. The van der Waals surface area contributed by atoms with Gasteiger partial charge >= 0.3 is 5.97 Å². The second-order valence-corrected chi connectivity index (χ2v) is 6.12. The minimum atomic E-state index is -1.30. The summed E-state index contributed by atoms with van der Waals surface area (Å²) in [5, 5.41) is 19.2. The maximum atomic E-state index is 13.8. The van der Waals surface area contributed by atoms with Crippen molar-refractivity contribution in [3.05, 3.63) is 39.7 Å². The summed E-state index contributed by atoms with van der Waals surface area (Å²) in [4.78, 5) is 35.1. The van der Waals surface area contributed by atoms with Gasteiger partial charge in [-0.05, 0) is 0 Å². The number of rotatable bonds is 3. The van der Waals surface area contributed by atoms with E-state index in [-0.39, 0.29) is 36.0 Å². The standard InChI is InChI=1S/C16H18FN5O4/c1-20(2)14-9(17)8-18-16(19-14)21-4-3-10-13(15(25)26)11(23)7-12(24)22(10)6-5-21/h7-8,23H,3-6H2,1-2H3,(H,25,26). The second-order valence-electron chi connectivity index (χ2n) is 6.12. The number of carboxylic acids is 1. The number of hydrogen-bond acceptors (Lipinski definition) is 7. The minimum absolute atomic E-state index is 0.137. The number of pyridine rings is 1. The maximum absolute atomic E-state index is 13.8. The number of halogens is 1. The molecule has 1 aliphatic rings. The predicted octanol–water partition coefficient (Wildman–Crippen LogP) is 0.310. The fourth-order valence-corrected chi connectivity index (χ4v) is 3.01. The van der Waals surface area contributed by atoms with Crippen molar-refractivity contribution in [2.45, 2.75) is 13.0 Å². The Kier molecular flexibility index (Phi) is 4.49. The SMILES string of the molecule is CN(C)c1nc(N2CCc3c(C(=O)O)c(O)cc(=O)n3CC2)ncc1F. The highest BCUT2D eigenvalue weighted by Gasteiger charge is 2.25. The van der Waals surface area contributed by atoms with Crippen LogP contribution in [0.3, 0.4) is 0 Å². The number of fused-ring (bicyclic) bond motifs is 1. The molecule has 2 N–H and O–H groups in total. The quantitative estimate of drug-likeness (QED) is 0.801. The van der Waals surface area contributed by atoms with Crippen molar-refractivity contribution in [3.8, 4) is 5.75 Å². The normalized spacial score (nSPS) is 13.9. The van der Waals surface area contributed by atoms with Crippen molar-refractivity contribution in [1.82, 2.24) is 14.5 Å². The summed E-state index contributed by atoms with van der Waals surface area (Å²) in [5.41, 5.74) is -0.501. The van der Waals surface area contributed by atoms with E-state index in [0.717, 1.165) is 12.3 Å². The lowest BCUT2D eigenvalue weighted by atomic mass is 10.1. The highest BCUT2D eigenvalue weighted by molar-refractivity contribution is 5.92. The zero-order chi connectivity index (χ0) is 19.0. The van der Waals surface area contributed by atoms with Crippen LogP contribution in [0, 0.1) is 5.82 Å². The van der Waals surface area contributed by atoms with Crippen LogP contribution in [0.25, 0.3) is 0 Å². The van der Waals surface area contributed by atoms with E-state index in [9.17, 15) is 24.2 Å². The molecular formula is C16H18FN5O4. The Bertz CT molecular complexity index is 928. The van der Waals surface area contributed by atoms with Crippen LogP contribution in [0.5, 0.6) is 5.75 Å². The molecule has 0 saturated heterocycles. The van der Waals surface area contributed by atoms with Gasteiger partial charge in [-0.2, -0.15) is 4.98 Å². The number of aromatic hydroxyl groups is 1. The predicted molar refractivity (Wildman–Crippen MR) is 91.6 cm³/mol. The first-order chi connectivity index (χ1) is 12.3. The number of carbonyl (C=O) groups is 1. The minimum Gasteiger partial charge on any atom is -0.507 e. The molecule has 0 atom stereocenters. The van der Waals surface area contributed by atoms with Gasteiger partial charge in [0.1, 0.15) is 11.3 Å². The molecule has 1 aliphatic heterocycles. The maximum Gasteiger partial charge on any atom is 0.341 e. The Morgan fingerprint density at radius 3 is 2.69 bits per heavy atom. The van der Waals surface area contributed by atoms with Crippen molar-refractivity contribution in [1.29, 1.82) is 0 Å². The number of aromatic carboxylic acids is 1. The van der Waals surface area contributed by atoms with Crippen LogP contribution in [0.2, 0.25) is 0 Å². The van der Waals surface area contributed by atoms with Crippen LogP contribution in [0.1, 0.15) is 16.1 Å². The number of aromatic nitrogens is 3. The fourth-order valence-electron chi connectivity index (χ4n) is 3.01. The third-order valence-corrected chi connectivity index (χ3v) is 4.24. The number of anilines is 2. The van der Waals surface area contributed by atoms with Crippen LogP contribution >= 0.6 is 0 Å². The Labute approximate surface area is 148 Å². The van der Waals surface area contributed by atoms with Crippen LogP contribution in [-0.4, -0.2) is 57.9 Å². The number of hydrogen-bond donors (Lipinski definition) is 2. The summed E-state index contributed by atoms with van der Waals surface area (Å²) in [6, 6.07) is 0.904. The topological polar surface area (TPSA) is 112 Å². The Balaban J connectivity index is 1.98. The van der Waals surface area contributed by atoms with Gasteiger partial charge < -0.3 is 24.6 Å². The molecule has 0 amide bonds. The van der Waals surface area contributed by atoms with Gasteiger partial charge in [0, 0.05) is 51.9 Å². The van der Waals surface area contributed by atoms with E-state index in [1.54, 1.807) is 19.0 Å². The summed E-state index contributed by atoms with van der Waals surface area (Å²) in [7, 11) is 3.32. The summed E-state index contributed by atoms with van der Waals surface area (Å²) in [6.45, 7) is 0.865. The molecule has 0 radical (unpaired) electrons. The lowest BCUT2D eigenvalue weighted by Crippen LogP contribution is -2.30. The second kappa shape index (κ2) is 6.62. The third kappa shape index (κ3) is 3.05. The van der Waals surface area contributed by atoms with Crippen molar-refractivity contribution >= 4 is 17.7 Å². The van der Waals surface area contributed by atoms with E-state index in [1.165, 1.54) is 9.47 Å². The average molecular weight is 363 g/mol. The van der Waals surface area contributed by atoms with Gasteiger partial charge in [-0.3, -0.25) is 4.79 Å². The highest BCUT2D eigenvalue weighted by atomic mass is 19.1. The molecule has 0 bridgehead atoms. The molecule has 3 heterocycles. The van der Waals surface area contributed by atoms with Crippen LogP contribution in [0.4, 0.5) is 16.2 Å². The molecule has 0 fully saturated rings. The molecule has 2 aromatic heterocycles. The van der Waals surface area contributed by atoms with Crippen molar-refractivity contribution in [3.63, 3.8) is 0 Å². The third-order valence-electron chi connectivity index (χ3n) is 4.24. The molecule has 0 spiro atoms. The lowest BCUT2D eigenvalue weighted by molar-refractivity contribution is 0.0691. The molecule has 0 saturated carbocycles. The summed E-state index contributed by atoms with van der Waals surface area (Å²) in [5.74, 6) is -1.97. The molecule has 0 aliphatic carbocycles. The average Bonchev–Trinajstić information content (AvgIpc) is 2.78. The van der Waals surface area contributed by atoms with Gasteiger partial charge in [0.2, 0.25) is 5.95 Å². The monoisotopic (exact) mass is 363 g/mol. The van der Waals surface area contributed by atoms with Crippen LogP contribution < -0.4 is 15.4 Å². The summed E-state index contributed by atoms with van der Waals surface area (Å²) < 4.78 is 15.1. The van der Waals surface area contributed by atoms with E-state index in [2.05, 4.69) is 9.97 Å². The molecule has 2 aromatic rings. The Hall–Kier alpha value is -3.17. The van der Waals surface area contributed by atoms with Gasteiger partial charge in [0.05, 0.1) is 6.20 Å². The molecule has 10 heteroatoms.